The minimum absolute atomic E-state index is 0.217. The normalized spacial score (nSPS) is 17.6. The van der Waals surface area contributed by atoms with Crippen LogP contribution >= 0.6 is 0 Å². The highest BCUT2D eigenvalue weighted by atomic mass is 15.1. The zero-order valence-corrected chi connectivity index (χ0v) is 13.5. The van der Waals surface area contributed by atoms with Crippen LogP contribution in [-0.4, -0.2) is 30.1 Å². The molecule has 21 heavy (non-hydrogen) atoms. The predicted octanol–water partition coefficient (Wildman–Crippen LogP) is 3.16. The number of piperidine rings is 1. The Morgan fingerprint density at radius 1 is 1.29 bits per heavy atom. The van der Waals surface area contributed by atoms with Gasteiger partial charge in [-0.25, -0.2) is 0 Å². The first-order valence-corrected chi connectivity index (χ1v) is 7.93. The molecule has 1 aromatic rings. The van der Waals surface area contributed by atoms with E-state index in [2.05, 4.69) is 43.1 Å². The van der Waals surface area contributed by atoms with Crippen LogP contribution in [-0.2, 0) is 6.54 Å². The highest BCUT2D eigenvalue weighted by Gasteiger charge is 2.20. The second-order valence-electron chi connectivity index (χ2n) is 7.16. The summed E-state index contributed by atoms with van der Waals surface area (Å²) in [7, 11) is 0. The first kappa shape index (κ1) is 16.0. The van der Waals surface area contributed by atoms with Gasteiger partial charge >= 0.3 is 0 Å². The number of hydrogen-bond acceptors (Lipinski definition) is 3. The predicted molar refractivity (Wildman–Crippen MR) is 86.9 cm³/mol. The van der Waals surface area contributed by atoms with Crippen LogP contribution in [0.3, 0.4) is 0 Å². The molecule has 0 saturated carbocycles. The number of benzene rings is 1. The molecule has 0 atom stereocenters. The highest BCUT2D eigenvalue weighted by molar-refractivity contribution is 5.32. The second kappa shape index (κ2) is 7.06. The van der Waals surface area contributed by atoms with Crippen LogP contribution in [0.1, 0.15) is 44.7 Å². The molecule has 1 fully saturated rings. The first-order chi connectivity index (χ1) is 9.96. The Balaban J connectivity index is 1.77. The number of likely N-dealkylation sites (tertiary alicyclic amines) is 1. The maximum Gasteiger partial charge on any atom is 0.0991 e. The third-order valence-corrected chi connectivity index (χ3v) is 4.09. The van der Waals surface area contributed by atoms with Crippen LogP contribution in [0, 0.1) is 17.2 Å². The largest absolute Gasteiger partial charge is 0.312 e. The van der Waals surface area contributed by atoms with Crippen molar-refractivity contribution in [2.45, 2.75) is 45.7 Å². The van der Waals surface area contributed by atoms with E-state index in [0.717, 1.165) is 37.7 Å². The zero-order chi connectivity index (χ0) is 15.3. The third-order valence-electron chi connectivity index (χ3n) is 4.09. The van der Waals surface area contributed by atoms with Gasteiger partial charge in [-0.05, 0) is 76.9 Å². The summed E-state index contributed by atoms with van der Waals surface area (Å²) in [5, 5.41) is 12.6. The van der Waals surface area contributed by atoms with Crippen molar-refractivity contribution < 1.29 is 0 Å². The van der Waals surface area contributed by atoms with Gasteiger partial charge in [-0.15, -0.1) is 0 Å². The summed E-state index contributed by atoms with van der Waals surface area (Å²) >= 11 is 0. The average Bonchev–Trinajstić information content (AvgIpc) is 2.46. The van der Waals surface area contributed by atoms with Gasteiger partial charge in [0.05, 0.1) is 11.6 Å². The van der Waals surface area contributed by atoms with Crippen LogP contribution < -0.4 is 5.32 Å². The van der Waals surface area contributed by atoms with Gasteiger partial charge in [0.2, 0.25) is 0 Å². The Morgan fingerprint density at radius 2 is 2.00 bits per heavy atom. The summed E-state index contributed by atoms with van der Waals surface area (Å²) in [5.41, 5.74) is 2.23. The summed E-state index contributed by atoms with van der Waals surface area (Å²) in [6.07, 6.45) is 2.53. The topological polar surface area (TPSA) is 39.1 Å². The van der Waals surface area contributed by atoms with E-state index in [1.165, 1.54) is 18.4 Å². The lowest BCUT2D eigenvalue weighted by Crippen LogP contribution is -2.42. The van der Waals surface area contributed by atoms with E-state index < -0.39 is 0 Å². The Bertz CT molecular complexity index is 488. The van der Waals surface area contributed by atoms with E-state index in [9.17, 15) is 0 Å². The van der Waals surface area contributed by atoms with Gasteiger partial charge < -0.3 is 5.32 Å². The second-order valence-corrected chi connectivity index (χ2v) is 7.16. The SMILES string of the molecule is CC(C)(C)NCC1CCN(Cc2cccc(C#N)c2)CC1. The molecule has 0 aromatic heterocycles. The molecule has 1 aliphatic rings. The molecule has 3 nitrogen and oxygen atoms in total. The molecule has 0 bridgehead atoms. The molecule has 1 aliphatic heterocycles. The number of nitrogens with zero attached hydrogens (tertiary/aromatic N) is 2. The van der Waals surface area contributed by atoms with Crippen LogP contribution in [0.2, 0.25) is 0 Å². The zero-order valence-electron chi connectivity index (χ0n) is 13.5. The number of hydrogen-bond donors (Lipinski definition) is 1. The van der Waals surface area contributed by atoms with Crippen molar-refractivity contribution in [3.63, 3.8) is 0 Å². The minimum Gasteiger partial charge on any atom is -0.312 e. The number of rotatable bonds is 4. The molecule has 3 heteroatoms. The molecule has 1 N–H and O–H groups in total. The molecule has 0 spiro atoms. The highest BCUT2D eigenvalue weighted by Crippen LogP contribution is 2.19. The lowest BCUT2D eigenvalue weighted by molar-refractivity contribution is 0.170. The lowest BCUT2D eigenvalue weighted by Gasteiger charge is -2.33. The van der Waals surface area contributed by atoms with Crippen LogP contribution in [0.4, 0.5) is 0 Å². The van der Waals surface area contributed by atoms with Gasteiger partial charge in [0, 0.05) is 12.1 Å². The molecule has 0 radical (unpaired) electrons. The van der Waals surface area contributed by atoms with E-state index in [-0.39, 0.29) is 5.54 Å². The van der Waals surface area contributed by atoms with Crippen molar-refractivity contribution in [3.8, 4) is 6.07 Å². The lowest BCUT2D eigenvalue weighted by atomic mass is 9.95. The Labute approximate surface area is 129 Å². The molecule has 2 rings (SSSR count). The molecule has 0 amide bonds. The van der Waals surface area contributed by atoms with Crippen LogP contribution in [0.25, 0.3) is 0 Å². The van der Waals surface area contributed by atoms with Gasteiger partial charge in [0.25, 0.3) is 0 Å². The number of nitriles is 1. The van der Waals surface area contributed by atoms with E-state index in [0.29, 0.717) is 0 Å². The molecule has 0 unspecified atom stereocenters. The minimum atomic E-state index is 0.217. The number of nitrogens with one attached hydrogen (secondary N) is 1. The monoisotopic (exact) mass is 285 g/mol. The van der Waals surface area contributed by atoms with Gasteiger partial charge in [0.1, 0.15) is 0 Å². The van der Waals surface area contributed by atoms with E-state index in [1.807, 2.05) is 18.2 Å². The van der Waals surface area contributed by atoms with Crippen LogP contribution in [0.5, 0.6) is 0 Å². The Morgan fingerprint density at radius 3 is 2.62 bits per heavy atom. The molecular formula is C18H27N3. The van der Waals surface area contributed by atoms with E-state index in [4.69, 9.17) is 5.26 Å². The molecular weight excluding hydrogens is 258 g/mol. The summed E-state index contributed by atoms with van der Waals surface area (Å²) in [6.45, 7) is 11.1. The van der Waals surface area contributed by atoms with Crippen molar-refractivity contribution >= 4 is 0 Å². The van der Waals surface area contributed by atoms with E-state index >= 15 is 0 Å². The van der Waals surface area contributed by atoms with Gasteiger partial charge in [-0.1, -0.05) is 12.1 Å². The van der Waals surface area contributed by atoms with E-state index in [1.54, 1.807) is 0 Å². The molecule has 1 heterocycles. The maximum atomic E-state index is 8.96. The van der Waals surface area contributed by atoms with Gasteiger partial charge in [-0.2, -0.15) is 5.26 Å². The molecule has 114 valence electrons. The first-order valence-electron chi connectivity index (χ1n) is 7.93. The van der Waals surface area contributed by atoms with Crippen molar-refractivity contribution in [3.05, 3.63) is 35.4 Å². The summed E-state index contributed by atoms with van der Waals surface area (Å²) in [4.78, 5) is 2.50. The standard InChI is InChI=1S/C18H27N3/c1-18(2,3)20-13-15-7-9-21(10-8-15)14-17-6-4-5-16(11-17)12-19/h4-6,11,15,20H,7-10,13-14H2,1-3H3. The quantitative estimate of drug-likeness (QED) is 0.923. The van der Waals surface area contributed by atoms with Crippen molar-refractivity contribution in [1.29, 1.82) is 5.26 Å². The fourth-order valence-corrected chi connectivity index (χ4v) is 2.80. The summed E-state index contributed by atoms with van der Waals surface area (Å²) in [6, 6.07) is 10.2. The molecule has 0 aliphatic carbocycles. The van der Waals surface area contributed by atoms with Crippen LogP contribution in [0.15, 0.2) is 24.3 Å². The smallest absolute Gasteiger partial charge is 0.0991 e. The maximum absolute atomic E-state index is 8.96. The van der Waals surface area contributed by atoms with Crippen molar-refractivity contribution in [2.24, 2.45) is 5.92 Å². The Kier molecular flexibility index (Phi) is 5.39. The van der Waals surface area contributed by atoms with Gasteiger partial charge in [0.15, 0.2) is 0 Å². The fraction of sp³-hybridized carbons (Fsp3) is 0.611. The average molecular weight is 285 g/mol. The Hall–Kier alpha value is -1.37. The van der Waals surface area contributed by atoms with Crippen molar-refractivity contribution in [1.82, 2.24) is 10.2 Å². The van der Waals surface area contributed by atoms with Crippen molar-refractivity contribution in [2.75, 3.05) is 19.6 Å². The molecule has 1 saturated heterocycles. The third kappa shape index (κ3) is 5.49. The molecule has 1 aromatic carbocycles. The van der Waals surface area contributed by atoms with Gasteiger partial charge in [-0.3, -0.25) is 4.90 Å². The summed E-state index contributed by atoms with van der Waals surface area (Å²) in [5.74, 6) is 0.797. The fourth-order valence-electron chi connectivity index (χ4n) is 2.80. The summed E-state index contributed by atoms with van der Waals surface area (Å²) < 4.78 is 0.